The lowest BCUT2D eigenvalue weighted by atomic mass is 10.1. The van der Waals surface area contributed by atoms with Gasteiger partial charge in [0.05, 0.1) is 24.4 Å². The fourth-order valence-corrected chi connectivity index (χ4v) is 3.79. The lowest BCUT2D eigenvalue weighted by Gasteiger charge is -2.14. The second-order valence-electron chi connectivity index (χ2n) is 8.30. The second kappa shape index (κ2) is 12.0. The molecule has 0 aliphatic carbocycles. The maximum absolute atomic E-state index is 11.8. The maximum atomic E-state index is 11.8. The molecule has 0 aliphatic rings. The van der Waals surface area contributed by atoms with Crippen LogP contribution in [0.15, 0.2) is 78.9 Å². The minimum atomic E-state index is -1.02. The molecule has 35 heavy (non-hydrogen) atoms. The van der Waals surface area contributed by atoms with Crippen molar-refractivity contribution in [2.75, 3.05) is 13.2 Å². The van der Waals surface area contributed by atoms with Gasteiger partial charge in [0.1, 0.15) is 23.7 Å². The molecule has 1 heterocycles. The normalized spacial score (nSPS) is 10.9. The number of carbonyl (C=O) groups is 1. The summed E-state index contributed by atoms with van der Waals surface area (Å²) in [5.74, 6) is -0.113. The monoisotopic (exact) mass is 471 g/mol. The first kappa shape index (κ1) is 24.2. The molecule has 6 nitrogen and oxygen atoms in total. The summed E-state index contributed by atoms with van der Waals surface area (Å²) in [6.07, 6.45) is 1.53. The number of hydrogen-bond donors (Lipinski definition) is 1. The van der Waals surface area contributed by atoms with Gasteiger partial charge in [-0.3, -0.25) is 4.98 Å². The molecule has 0 atom stereocenters. The Hall–Kier alpha value is -3.90. The van der Waals surface area contributed by atoms with Gasteiger partial charge in [-0.2, -0.15) is 0 Å². The molecule has 0 unspecified atom stereocenters. The number of rotatable bonds is 12. The van der Waals surface area contributed by atoms with Crippen LogP contribution in [0.4, 0.5) is 0 Å². The lowest BCUT2D eigenvalue weighted by Crippen LogP contribution is -2.08. The molecule has 3 aromatic carbocycles. The van der Waals surface area contributed by atoms with E-state index < -0.39 is 5.97 Å². The summed E-state index contributed by atoms with van der Waals surface area (Å²) in [7, 11) is 0. The number of aryl methyl sites for hydroxylation is 1. The molecular weight excluding hydrogens is 442 g/mol. The van der Waals surface area contributed by atoms with Crippen molar-refractivity contribution in [3.05, 3.63) is 101 Å². The quantitative estimate of drug-likeness (QED) is 0.248. The van der Waals surface area contributed by atoms with Gasteiger partial charge in [-0.25, -0.2) is 4.79 Å². The summed E-state index contributed by atoms with van der Waals surface area (Å²) in [5, 5.41) is 10.8. The number of para-hydroxylation sites is 1. The highest BCUT2D eigenvalue weighted by Gasteiger charge is 2.17. The Balaban J connectivity index is 1.25. The number of nitrogens with zero attached hydrogens (tertiary/aromatic N) is 1. The third-order valence-electron chi connectivity index (χ3n) is 5.58. The van der Waals surface area contributed by atoms with E-state index >= 15 is 0 Å². The highest BCUT2D eigenvalue weighted by atomic mass is 16.5. The number of hydrogen-bond acceptors (Lipinski definition) is 5. The van der Waals surface area contributed by atoms with Crippen LogP contribution in [-0.4, -0.2) is 29.3 Å². The van der Waals surface area contributed by atoms with Gasteiger partial charge < -0.3 is 19.3 Å². The number of pyridine rings is 1. The zero-order chi connectivity index (χ0) is 24.5. The Morgan fingerprint density at radius 1 is 0.857 bits per heavy atom. The first-order chi connectivity index (χ1) is 17.1. The van der Waals surface area contributed by atoms with Gasteiger partial charge in [0.2, 0.25) is 0 Å². The molecule has 6 heteroatoms. The molecule has 0 saturated heterocycles. The number of ether oxygens (including phenoxy) is 3. The highest BCUT2D eigenvalue weighted by molar-refractivity contribution is 5.93. The van der Waals surface area contributed by atoms with Gasteiger partial charge in [0.15, 0.2) is 0 Å². The summed E-state index contributed by atoms with van der Waals surface area (Å²) >= 11 is 0. The summed E-state index contributed by atoms with van der Waals surface area (Å²) in [6, 6.07) is 25.2. The first-order valence-electron chi connectivity index (χ1n) is 11.7. The molecule has 4 rings (SSSR count). The van der Waals surface area contributed by atoms with E-state index in [9.17, 15) is 9.90 Å². The molecule has 0 bridgehead atoms. The standard InChI is InChI=1S/C29H29NO5/c1-21-17-25(35-19-22-9-3-2-4-10-22)18-27(28(21)29(31)32)34-16-8-7-15-33-20-24-14-13-23-11-5-6-12-26(23)30-24/h2-6,9-14,17-18H,7-8,15-16,19-20H2,1H3,(H,31,32). The highest BCUT2D eigenvalue weighted by Crippen LogP contribution is 2.29. The van der Waals surface area contributed by atoms with Gasteiger partial charge in [-0.1, -0.05) is 54.6 Å². The summed E-state index contributed by atoms with van der Waals surface area (Å²) < 4.78 is 17.5. The van der Waals surface area contributed by atoms with Crippen LogP contribution in [0, 0.1) is 6.92 Å². The van der Waals surface area contributed by atoms with E-state index in [0.29, 0.717) is 43.5 Å². The van der Waals surface area contributed by atoms with Crippen molar-refractivity contribution in [3.63, 3.8) is 0 Å². The number of unbranched alkanes of at least 4 members (excludes halogenated alkanes) is 1. The summed E-state index contributed by atoms with van der Waals surface area (Å²) in [6.45, 7) is 3.56. The number of fused-ring (bicyclic) bond motifs is 1. The summed E-state index contributed by atoms with van der Waals surface area (Å²) in [5.41, 5.74) is 3.66. The van der Waals surface area contributed by atoms with E-state index in [0.717, 1.165) is 35.0 Å². The van der Waals surface area contributed by atoms with Crippen molar-refractivity contribution in [1.29, 1.82) is 0 Å². The van der Waals surface area contributed by atoms with Crippen LogP contribution in [0.3, 0.4) is 0 Å². The van der Waals surface area contributed by atoms with Crippen molar-refractivity contribution in [2.24, 2.45) is 0 Å². The van der Waals surface area contributed by atoms with Crippen LogP contribution in [0.2, 0.25) is 0 Å². The Morgan fingerprint density at radius 2 is 1.63 bits per heavy atom. The number of aromatic nitrogens is 1. The molecule has 0 saturated carbocycles. The van der Waals surface area contributed by atoms with E-state index in [1.807, 2.05) is 60.7 Å². The number of aromatic carboxylic acids is 1. The van der Waals surface area contributed by atoms with Gasteiger partial charge in [-0.15, -0.1) is 0 Å². The van der Waals surface area contributed by atoms with E-state index in [-0.39, 0.29) is 5.56 Å². The Bertz CT molecular complexity index is 1270. The van der Waals surface area contributed by atoms with Crippen molar-refractivity contribution < 1.29 is 24.1 Å². The van der Waals surface area contributed by atoms with Gasteiger partial charge >= 0.3 is 5.97 Å². The predicted octanol–water partition coefficient (Wildman–Crippen LogP) is 6.20. The SMILES string of the molecule is Cc1cc(OCc2ccccc2)cc(OCCCCOCc2ccc3ccccc3n2)c1C(=O)O. The minimum absolute atomic E-state index is 0.163. The van der Waals surface area contributed by atoms with Crippen LogP contribution < -0.4 is 9.47 Å². The topological polar surface area (TPSA) is 77.9 Å². The molecule has 4 aromatic rings. The fraction of sp³-hybridized carbons (Fsp3) is 0.241. The summed E-state index contributed by atoms with van der Waals surface area (Å²) in [4.78, 5) is 16.4. The van der Waals surface area contributed by atoms with Crippen molar-refractivity contribution >= 4 is 16.9 Å². The molecule has 0 radical (unpaired) electrons. The number of carboxylic acid groups (broad SMARTS) is 1. The van der Waals surface area contributed by atoms with Crippen LogP contribution >= 0.6 is 0 Å². The fourth-order valence-electron chi connectivity index (χ4n) is 3.79. The molecule has 0 spiro atoms. The molecule has 0 aliphatic heterocycles. The van der Waals surface area contributed by atoms with Crippen LogP contribution in [-0.2, 0) is 18.0 Å². The van der Waals surface area contributed by atoms with Gasteiger partial charge in [-0.05, 0) is 49.1 Å². The van der Waals surface area contributed by atoms with Crippen molar-refractivity contribution in [2.45, 2.75) is 33.0 Å². The van der Waals surface area contributed by atoms with E-state index in [2.05, 4.69) is 11.1 Å². The molecule has 0 amide bonds. The second-order valence-corrected chi connectivity index (χ2v) is 8.30. The smallest absolute Gasteiger partial charge is 0.339 e. The molecule has 1 N–H and O–H groups in total. The third-order valence-corrected chi connectivity index (χ3v) is 5.58. The average Bonchev–Trinajstić information content (AvgIpc) is 2.87. The largest absolute Gasteiger partial charge is 0.493 e. The van der Waals surface area contributed by atoms with Crippen molar-refractivity contribution in [3.8, 4) is 11.5 Å². The molecule has 180 valence electrons. The molecular formula is C29H29NO5. The van der Waals surface area contributed by atoms with Crippen LogP contribution in [0.1, 0.15) is 40.0 Å². The maximum Gasteiger partial charge on any atom is 0.339 e. The Kier molecular flexibility index (Phi) is 8.30. The Morgan fingerprint density at radius 3 is 2.46 bits per heavy atom. The number of benzene rings is 3. The zero-order valence-electron chi connectivity index (χ0n) is 19.8. The number of carboxylic acids is 1. The van der Waals surface area contributed by atoms with Crippen LogP contribution in [0.25, 0.3) is 10.9 Å². The third kappa shape index (κ3) is 6.80. The van der Waals surface area contributed by atoms with E-state index in [1.54, 1.807) is 19.1 Å². The first-order valence-corrected chi connectivity index (χ1v) is 11.7. The molecule has 0 fully saturated rings. The van der Waals surface area contributed by atoms with E-state index in [4.69, 9.17) is 14.2 Å². The van der Waals surface area contributed by atoms with E-state index in [1.165, 1.54) is 0 Å². The average molecular weight is 472 g/mol. The minimum Gasteiger partial charge on any atom is -0.493 e. The van der Waals surface area contributed by atoms with Crippen molar-refractivity contribution in [1.82, 2.24) is 4.98 Å². The van der Waals surface area contributed by atoms with Gasteiger partial charge in [0.25, 0.3) is 0 Å². The molecule has 1 aromatic heterocycles. The Labute approximate surface area is 205 Å². The predicted molar refractivity (Wildman–Crippen MR) is 135 cm³/mol. The van der Waals surface area contributed by atoms with Crippen LogP contribution in [0.5, 0.6) is 11.5 Å². The zero-order valence-corrected chi connectivity index (χ0v) is 19.8. The van der Waals surface area contributed by atoms with Gasteiger partial charge in [0, 0.05) is 18.1 Å². The lowest BCUT2D eigenvalue weighted by molar-refractivity contribution is 0.0690.